The van der Waals surface area contributed by atoms with Gasteiger partial charge in [0.2, 0.25) is 0 Å². The molecule has 4 rings (SSSR count). The second kappa shape index (κ2) is 8.97. The van der Waals surface area contributed by atoms with Gasteiger partial charge in [0, 0.05) is 0 Å². The summed E-state index contributed by atoms with van der Waals surface area (Å²) in [7, 11) is 0. The minimum Gasteiger partial charge on any atom is -0.506 e. The third-order valence-corrected chi connectivity index (χ3v) is 4.58. The van der Waals surface area contributed by atoms with Gasteiger partial charge in [-0.25, -0.2) is 0 Å². The molecule has 0 spiro atoms. The van der Waals surface area contributed by atoms with E-state index in [2.05, 4.69) is 20.5 Å². The van der Waals surface area contributed by atoms with Gasteiger partial charge in [0.05, 0.1) is 0 Å². The topological polar surface area (TPSA) is 130 Å². The summed E-state index contributed by atoms with van der Waals surface area (Å²) in [5, 5.41) is 56.0. The molecule has 0 atom stereocenters. The Balaban J connectivity index is 1.55. The molecular formula is C24H18N4O4. The number of phenolic OH excluding ortho intramolecular Hbond substituents is 4. The number of phenols is 4. The Hall–Kier alpha value is -4.72. The Bertz CT molecular complexity index is 1230. The fourth-order valence-corrected chi connectivity index (χ4v) is 2.89. The maximum Gasteiger partial charge on any atom is 0.143 e. The lowest BCUT2D eigenvalue weighted by Gasteiger charge is -2.06. The van der Waals surface area contributed by atoms with Crippen LogP contribution in [0.25, 0.3) is 11.1 Å². The van der Waals surface area contributed by atoms with Crippen LogP contribution in [0.3, 0.4) is 0 Å². The van der Waals surface area contributed by atoms with E-state index < -0.39 is 0 Å². The zero-order chi connectivity index (χ0) is 22.5. The van der Waals surface area contributed by atoms with Crippen LogP contribution in [0.15, 0.2) is 105 Å². The first-order valence-corrected chi connectivity index (χ1v) is 9.57. The van der Waals surface area contributed by atoms with Gasteiger partial charge < -0.3 is 20.4 Å². The van der Waals surface area contributed by atoms with Crippen molar-refractivity contribution >= 4 is 22.7 Å². The van der Waals surface area contributed by atoms with E-state index in [0.717, 1.165) is 0 Å². The van der Waals surface area contributed by atoms with Crippen molar-refractivity contribution in [3.8, 4) is 34.1 Å². The van der Waals surface area contributed by atoms with E-state index in [9.17, 15) is 20.4 Å². The van der Waals surface area contributed by atoms with Crippen molar-refractivity contribution < 1.29 is 20.4 Å². The van der Waals surface area contributed by atoms with Crippen molar-refractivity contribution in [1.29, 1.82) is 0 Å². The summed E-state index contributed by atoms with van der Waals surface area (Å²) in [5.74, 6) is -0.237. The molecule has 0 radical (unpaired) electrons. The van der Waals surface area contributed by atoms with Crippen molar-refractivity contribution in [2.45, 2.75) is 0 Å². The quantitative estimate of drug-likeness (QED) is 0.256. The lowest BCUT2D eigenvalue weighted by atomic mass is 10.0. The number of hydrogen-bond acceptors (Lipinski definition) is 8. The van der Waals surface area contributed by atoms with Crippen LogP contribution in [0.5, 0.6) is 23.0 Å². The first kappa shape index (κ1) is 20.5. The summed E-state index contributed by atoms with van der Waals surface area (Å²) in [6.07, 6.45) is 0. The van der Waals surface area contributed by atoms with E-state index >= 15 is 0 Å². The van der Waals surface area contributed by atoms with Gasteiger partial charge in [0.1, 0.15) is 45.7 Å². The summed E-state index contributed by atoms with van der Waals surface area (Å²) in [6.45, 7) is 0. The number of aromatic hydroxyl groups is 4. The SMILES string of the molecule is Oc1ccccc1N=Nc1ccc(-c2ccc(N=Nc3ccccc3O)c(O)c2)cc1O. The van der Waals surface area contributed by atoms with E-state index in [-0.39, 0.29) is 45.7 Å². The lowest BCUT2D eigenvalue weighted by Crippen LogP contribution is -1.79. The number of hydrogen-bond donors (Lipinski definition) is 4. The van der Waals surface area contributed by atoms with Gasteiger partial charge in [-0.3, -0.25) is 0 Å². The van der Waals surface area contributed by atoms with E-state index in [1.807, 2.05) is 0 Å². The van der Waals surface area contributed by atoms with Crippen molar-refractivity contribution in [3.63, 3.8) is 0 Å². The number of benzene rings is 4. The number of azo groups is 2. The van der Waals surface area contributed by atoms with Gasteiger partial charge in [-0.15, -0.1) is 20.5 Å². The van der Waals surface area contributed by atoms with Gasteiger partial charge in [-0.05, 0) is 59.7 Å². The molecule has 0 amide bonds. The maximum atomic E-state index is 10.3. The second-order valence-corrected chi connectivity index (χ2v) is 6.78. The van der Waals surface area contributed by atoms with Gasteiger partial charge >= 0.3 is 0 Å². The van der Waals surface area contributed by atoms with Gasteiger partial charge in [0.15, 0.2) is 0 Å². The standard InChI is InChI=1S/C24H18N4O4/c29-21-7-3-1-5-17(21)25-27-19-11-9-15(13-23(19)31)16-10-12-20(24(32)14-16)28-26-18-6-2-4-8-22(18)30/h1-14,29-32H. The van der Waals surface area contributed by atoms with E-state index in [0.29, 0.717) is 11.1 Å². The molecule has 0 aliphatic carbocycles. The third kappa shape index (κ3) is 4.54. The maximum absolute atomic E-state index is 10.3. The highest BCUT2D eigenvalue weighted by Gasteiger charge is 2.08. The third-order valence-electron chi connectivity index (χ3n) is 4.58. The molecule has 158 valence electrons. The molecule has 8 heteroatoms. The molecule has 0 heterocycles. The summed E-state index contributed by atoms with van der Waals surface area (Å²) in [6, 6.07) is 22.6. The van der Waals surface area contributed by atoms with Gasteiger partial charge in [-0.2, -0.15) is 0 Å². The number of para-hydroxylation sites is 2. The highest BCUT2D eigenvalue weighted by atomic mass is 16.3. The highest BCUT2D eigenvalue weighted by Crippen LogP contribution is 2.38. The summed E-state index contributed by atoms with van der Waals surface area (Å²) in [4.78, 5) is 0. The van der Waals surface area contributed by atoms with Crippen LogP contribution >= 0.6 is 0 Å². The van der Waals surface area contributed by atoms with Crippen molar-refractivity contribution in [2.24, 2.45) is 20.5 Å². The molecular weight excluding hydrogens is 408 g/mol. The molecule has 0 saturated carbocycles. The minimum atomic E-state index is -0.107. The Morgan fingerprint density at radius 3 is 1.06 bits per heavy atom. The predicted octanol–water partition coefficient (Wildman–Crippen LogP) is 7.01. The molecule has 4 aromatic rings. The lowest BCUT2D eigenvalue weighted by molar-refractivity contribution is 0.473. The molecule has 8 nitrogen and oxygen atoms in total. The van der Waals surface area contributed by atoms with Crippen molar-refractivity contribution in [3.05, 3.63) is 84.9 Å². The Morgan fingerprint density at radius 2 is 0.719 bits per heavy atom. The van der Waals surface area contributed by atoms with E-state index in [4.69, 9.17) is 0 Å². The predicted molar refractivity (Wildman–Crippen MR) is 120 cm³/mol. The zero-order valence-electron chi connectivity index (χ0n) is 16.7. The molecule has 4 N–H and O–H groups in total. The summed E-state index contributed by atoms with van der Waals surface area (Å²) < 4.78 is 0. The van der Waals surface area contributed by atoms with Crippen LogP contribution in [-0.2, 0) is 0 Å². The van der Waals surface area contributed by atoms with Crippen LogP contribution in [0.2, 0.25) is 0 Å². The number of rotatable bonds is 5. The number of nitrogens with zero attached hydrogens (tertiary/aromatic N) is 4. The van der Waals surface area contributed by atoms with Crippen LogP contribution in [-0.4, -0.2) is 20.4 Å². The smallest absolute Gasteiger partial charge is 0.143 e. The zero-order valence-corrected chi connectivity index (χ0v) is 16.7. The van der Waals surface area contributed by atoms with Crippen LogP contribution < -0.4 is 0 Å². The molecule has 0 aromatic heterocycles. The molecule has 0 bridgehead atoms. The monoisotopic (exact) mass is 426 g/mol. The molecule has 32 heavy (non-hydrogen) atoms. The van der Waals surface area contributed by atoms with Crippen molar-refractivity contribution in [1.82, 2.24) is 0 Å². The Kier molecular flexibility index (Phi) is 5.76. The van der Waals surface area contributed by atoms with Crippen LogP contribution in [0.4, 0.5) is 22.7 Å². The fraction of sp³-hybridized carbons (Fsp3) is 0. The summed E-state index contributed by atoms with van der Waals surface area (Å²) >= 11 is 0. The second-order valence-electron chi connectivity index (χ2n) is 6.78. The van der Waals surface area contributed by atoms with Crippen LogP contribution in [0.1, 0.15) is 0 Å². The van der Waals surface area contributed by atoms with Crippen molar-refractivity contribution in [2.75, 3.05) is 0 Å². The Labute approximate surface area is 183 Å². The molecule has 0 saturated heterocycles. The highest BCUT2D eigenvalue weighted by molar-refractivity contribution is 5.73. The average molecular weight is 426 g/mol. The molecule has 0 fully saturated rings. The summed E-state index contributed by atoms with van der Waals surface area (Å²) in [5.41, 5.74) is 2.32. The molecule has 0 aliphatic heterocycles. The van der Waals surface area contributed by atoms with Gasteiger partial charge in [-0.1, -0.05) is 36.4 Å². The molecule has 0 aliphatic rings. The molecule has 0 unspecified atom stereocenters. The average Bonchev–Trinajstić information content (AvgIpc) is 2.79. The first-order chi connectivity index (χ1) is 15.5. The largest absolute Gasteiger partial charge is 0.506 e. The first-order valence-electron chi connectivity index (χ1n) is 9.57. The van der Waals surface area contributed by atoms with Crippen LogP contribution in [0, 0.1) is 0 Å². The van der Waals surface area contributed by atoms with E-state index in [1.54, 1.807) is 60.7 Å². The van der Waals surface area contributed by atoms with Gasteiger partial charge in [0.25, 0.3) is 0 Å². The fourth-order valence-electron chi connectivity index (χ4n) is 2.89. The van der Waals surface area contributed by atoms with E-state index in [1.165, 1.54) is 24.3 Å². The normalized spacial score (nSPS) is 11.4. The molecule has 4 aromatic carbocycles. The Morgan fingerprint density at radius 1 is 0.375 bits per heavy atom. The minimum absolute atomic E-state index is 0.0115.